The monoisotopic (exact) mass is 463 g/mol. The number of hydrogen-bond donors (Lipinski definition) is 1. The summed E-state index contributed by atoms with van der Waals surface area (Å²) < 4.78 is 13.8. The normalized spacial score (nSPS) is 15.9. The maximum atomic E-state index is 12.5. The first-order valence-corrected chi connectivity index (χ1v) is 11.6. The number of ether oxygens (including phenoxy) is 3. The minimum atomic E-state index is -0.896. The molecule has 1 heterocycles. The summed E-state index contributed by atoms with van der Waals surface area (Å²) in [6.07, 6.45) is 4.32. The number of rotatable bonds is 12. The van der Waals surface area contributed by atoms with Crippen molar-refractivity contribution in [3.05, 3.63) is 0 Å². The van der Waals surface area contributed by atoms with Gasteiger partial charge < -0.3 is 19.1 Å². The zero-order valence-corrected chi connectivity index (χ0v) is 19.7. The van der Waals surface area contributed by atoms with Crippen molar-refractivity contribution in [1.82, 2.24) is 4.90 Å². The molecule has 10 heteroatoms. The lowest BCUT2D eigenvalue weighted by molar-refractivity contribution is -0.149. The highest BCUT2D eigenvalue weighted by atomic mass is 32.2. The van der Waals surface area contributed by atoms with Crippen LogP contribution in [0.15, 0.2) is 0 Å². The molecule has 0 aromatic heterocycles. The second kappa shape index (κ2) is 13.9. The Morgan fingerprint density at radius 2 is 1.73 bits per heavy atom. The van der Waals surface area contributed by atoms with Crippen molar-refractivity contribution >= 4 is 47.4 Å². The summed E-state index contributed by atoms with van der Waals surface area (Å²) in [5, 5.41) is -0.697. The number of carbonyl (C=O) groups is 4. The minimum Gasteiger partial charge on any atom is -0.465 e. The lowest BCUT2D eigenvalue weighted by atomic mass is 9.97. The van der Waals surface area contributed by atoms with Gasteiger partial charge in [-0.3, -0.25) is 14.4 Å². The summed E-state index contributed by atoms with van der Waals surface area (Å²) in [6.45, 7) is 7.31. The van der Waals surface area contributed by atoms with E-state index in [0.29, 0.717) is 0 Å². The number of thioether (sulfide) groups is 1. The first kappa shape index (κ1) is 26.8. The van der Waals surface area contributed by atoms with Gasteiger partial charge in [0.25, 0.3) is 0 Å². The van der Waals surface area contributed by atoms with E-state index >= 15 is 0 Å². The van der Waals surface area contributed by atoms with E-state index < -0.39 is 34.7 Å². The molecule has 0 spiro atoms. The Hall–Kier alpha value is -1.26. The maximum Gasteiger partial charge on any atom is 0.370 e. The van der Waals surface area contributed by atoms with E-state index in [1.807, 2.05) is 0 Å². The molecule has 8 nitrogen and oxygen atoms in total. The molecule has 1 atom stereocenters. The van der Waals surface area contributed by atoms with Crippen LogP contribution in [0.3, 0.4) is 0 Å². The number of piperidine rings is 1. The smallest absolute Gasteiger partial charge is 0.370 e. The highest BCUT2D eigenvalue weighted by Crippen LogP contribution is 2.23. The Kier molecular flexibility index (Phi) is 12.4. The van der Waals surface area contributed by atoms with E-state index in [4.69, 9.17) is 9.47 Å². The van der Waals surface area contributed by atoms with Crippen molar-refractivity contribution in [2.45, 2.75) is 57.6 Å². The van der Waals surface area contributed by atoms with Gasteiger partial charge in [-0.05, 0) is 58.0 Å². The maximum absolute atomic E-state index is 12.5. The van der Waals surface area contributed by atoms with Crippen LogP contribution in [0, 0.1) is 5.92 Å². The van der Waals surface area contributed by atoms with Crippen LogP contribution < -0.4 is 0 Å². The quantitative estimate of drug-likeness (QED) is 0.203. The first-order valence-electron chi connectivity index (χ1n) is 10.2. The molecule has 0 aromatic rings. The van der Waals surface area contributed by atoms with Gasteiger partial charge in [0.1, 0.15) is 5.78 Å². The number of hydrogen-bond acceptors (Lipinski definition) is 10. The molecular formula is C20H33NO7S2. The lowest BCUT2D eigenvalue weighted by Crippen LogP contribution is -2.33. The van der Waals surface area contributed by atoms with Crippen molar-refractivity contribution in [2.75, 3.05) is 38.8 Å². The molecule has 0 unspecified atom stereocenters. The third kappa shape index (κ3) is 11.8. The van der Waals surface area contributed by atoms with Crippen molar-refractivity contribution < 1.29 is 33.4 Å². The molecule has 0 aliphatic carbocycles. The van der Waals surface area contributed by atoms with Gasteiger partial charge in [-0.25, -0.2) is 4.79 Å². The molecule has 1 aliphatic rings. The number of thiol groups is 1. The Balaban J connectivity index is 2.47. The van der Waals surface area contributed by atoms with Gasteiger partial charge in [0.2, 0.25) is 6.79 Å². The van der Waals surface area contributed by atoms with Gasteiger partial charge in [0, 0.05) is 25.6 Å². The van der Waals surface area contributed by atoms with Crippen LogP contribution in [0.5, 0.6) is 0 Å². The van der Waals surface area contributed by atoms with Crippen LogP contribution in [0.2, 0.25) is 0 Å². The molecule has 0 N–H and O–H groups in total. The van der Waals surface area contributed by atoms with Crippen LogP contribution in [0.1, 0.15) is 52.9 Å². The van der Waals surface area contributed by atoms with Crippen LogP contribution >= 0.6 is 24.4 Å². The van der Waals surface area contributed by atoms with Gasteiger partial charge in [-0.1, -0.05) is 6.42 Å². The van der Waals surface area contributed by atoms with Crippen LogP contribution in [0.4, 0.5) is 4.79 Å². The average molecular weight is 464 g/mol. The van der Waals surface area contributed by atoms with E-state index in [0.717, 1.165) is 37.8 Å². The third-order valence-corrected chi connectivity index (χ3v) is 5.77. The Labute approximate surface area is 188 Å². The second-order valence-electron chi connectivity index (χ2n) is 7.77. The predicted molar refractivity (Wildman–Crippen MR) is 118 cm³/mol. The van der Waals surface area contributed by atoms with E-state index in [2.05, 4.69) is 22.3 Å². The topological polar surface area (TPSA) is 99.2 Å². The summed E-state index contributed by atoms with van der Waals surface area (Å²) in [6, 6.07) is 0. The minimum absolute atomic E-state index is 0.0272. The van der Waals surface area contributed by atoms with Crippen molar-refractivity contribution in [2.24, 2.45) is 5.92 Å². The molecule has 0 aromatic carbocycles. The SMILES string of the molecule is CC(=O)OCOC(=O)SC[C@H](CC(=O)C(C)(C)S)C(=O)OCCCN1CCCCC1. The van der Waals surface area contributed by atoms with Gasteiger partial charge >= 0.3 is 17.2 Å². The molecule has 0 amide bonds. The summed E-state index contributed by atoms with van der Waals surface area (Å²) >= 11 is 5.00. The fraction of sp³-hybridized carbons (Fsp3) is 0.800. The molecule has 1 rings (SSSR count). The van der Waals surface area contributed by atoms with Crippen molar-refractivity contribution in [3.63, 3.8) is 0 Å². The molecule has 30 heavy (non-hydrogen) atoms. The fourth-order valence-corrected chi connectivity index (χ4v) is 3.63. The molecule has 1 fully saturated rings. The summed E-state index contributed by atoms with van der Waals surface area (Å²) in [5.41, 5.74) is 0. The van der Waals surface area contributed by atoms with Crippen LogP contribution in [-0.2, 0) is 28.6 Å². The number of ketones is 1. The summed E-state index contributed by atoms with van der Waals surface area (Å²) in [5.74, 6) is -2.06. The molecule has 1 saturated heterocycles. The number of Topliss-reactive ketones (excluding diaryl/α,β-unsaturated/α-hetero) is 1. The zero-order valence-electron chi connectivity index (χ0n) is 18.0. The number of esters is 2. The van der Waals surface area contributed by atoms with E-state index in [1.165, 1.54) is 26.2 Å². The Morgan fingerprint density at radius 3 is 2.33 bits per heavy atom. The summed E-state index contributed by atoms with van der Waals surface area (Å²) in [7, 11) is 0. The molecular weight excluding hydrogens is 430 g/mol. The molecule has 1 aliphatic heterocycles. The highest BCUT2D eigenvalue weighted by Gasteiger charge is 2.31. The molecule has 0 bridgehead atoms. The largest absolute Gasteiger partial charge is 0.465 e. The van der Waals surface area contributed by atoms with Gasteiger partial charge in [0.05, 0.1) is 17.3 Å². The highest BCUT2D eigenvalue weighted by molar-refractivity contribution is 8.13. The molecule has 0 saturated carbocycles. The molecule has 0 radical (unpaired) electrons. The standard InChI is InChI=1S/C20H33NO7S2/c1-15(22)27-14-28-19(25)30-13-16(12-17(23)20(2,3)29)18(24)26-11-7-10-21-8-5-4-6-9-21/h16,29H,4-14H2,1-3H3/t16-/m0/s1. The van der Waals surface area contributed by atoms with Gasteiger partial charge in [-0.15, -0.1) is 0 Å². The van der Waals surface area contributed by atoms with Crippen molar-refractivity contribution in [1.29, 1.82) is 0 Å². The number of likely N-dealkylation sites (tertiary alicyclic amines) is 1. The average Bonchev–Trinajstić information content (AvgIpc) is 2.67. The second-order valence-corrected chi connectivity index (χ2v) is 9.84. The third-order valence-electron chi connectivity index (χ3n) is 4.60. The van der Waals surface area contributed by atoms with E-state index in [1.54, 1.807) is 13.8 Å². The predicted octanol–water partition coefficient (Wildman–Crippen LogP) is 3.08. The zero-order chi connectivity index (χ0) is 22.6. The first-order chi connectivity index (χ1) is 14.1. The Bertz CT molecular complexity index is 586. The fourth-order valence-electron chi connectivity index (χ4n) is 2.82. The van der Waals surface area contributed by atoms with Crippen LogP contribution in [-0.4, -0.2) is 71.5 Å². The molecule has 172 valence electrons. The van der Waals surface area contributed by atoms with E-state index in [9.17, 15) is 19.2 Å². The van der Waals surface area contributed by atoms with Crippen LogP contribution in [0.25, 0.3) is 0 Å². The summed E-state index contributed by atoms with van der Waals surface area (Å²) in [4.78, 5) is 49.7. The van der Waals surface area contributed by atoms with Gasteiger partial charge in [0.15, 0.2) is 0 Å². The van der Waals surface area contributed by atoms with Gasteiger partial charge in [-0.2, -0.15) is 12.6 Å². The number of nitrogens with zero attached hydrogens (tertiary/aromatic N) is 1. The lowest BCUT2D eigenvalue weighted by Gasteiger charge is -2.26. The van der Waals surface area contributed by atoms with Crippen molar-refractivity contribution in [3.8, 4) is 0 Å². The van der Waals surface area contributed by atoms with E-state index in [-0.39, 0.29) is 24.6 Å². The number of carbonyl (C=O) groups excluding carboxylic acids is 4. The Morgan fingerprint density at radius 1 is 1.07 bits per heavy atom.